The van der Waals surface area contributed by atoms with Gasteiger partial charge in [-0.2, -0.15) is 0 Å². The fourth-order valence-corrected chi connectivity index (χ4v) is 2.64. The largest absolute Gasteiger partial charge is 0.378 e. The van der Waals surface area contributed by atoms with Crippen LogP contribution in [0.2, 0.25) is 0 Å². The number of rotatable bonds is 3. The number of ether oxygens (including phenoxy) is 1. The predicted molar refractivity (Wildman–Crippen MR) is 56.7 cm³/mol. The van der Waals surface area contributed by atoms with Crippen molar-refractivity contribution >= 4 is 0 Å². The van der Waals surface area contributed by atoms with Gasteiger partial charge in [-0.3, -0.25) is 0 Å². The summed E-state index contributed by atoms with van der Waals surface area (Å²) in [7, 11) is 0. The van der Waals surface area contributed by atoms with E-state index in [4.69, 9.17) is 4.74 Å². The van der Waals surface area contributed by atoms with E-state index < -0.39 is 0 Å². The molecule has 3 unspecified atom stereocenters. The molecule has 0 aliphatic carbocycles. The quantitative estimate of drug-likeness (QED) is 0.653. The third-order valence-electron chi connectivity index (χ3n) is 3.13. The van der Waals surface area contributed by atoms with E-state index in [-0.39, 0.29) is 0 Å². The van der Waals surface area contributed by atoms with Crippen molar-refractivity contribution in [3.05, 3.63) is 0 Å². The van der Waals surface area contributed by atoms with Crippen LogP contribution >= 0.6 is 0 Å². The fraction of sp³-hybridized carbons (Fsp3) is 1.00. The molecule has 0 aromatic heterocycles. The molecule has 1 fully saturated rings. The summed E-state index contributed by atoms with van der Waals surface area (Å²) in [4.78, 5) is 0. The molecule has 1 aliphatic rings. The van der Waals surface area contributed by atoms with Crippen molar-refractivity contribution in [1.29, 1.82) is 0 Å². The molecular weight excluding hydrogens is 160 g/mol. The molecule has 0 amide bonds. The first kappa shape index (κ1) is 11.0. The average molecular weight is 184 g/mol. The monoisotopic (exact) mass is 184 g/mol. The van der Waals surface area contributed by atoms with Gasteiger partial charge in [0.05, 0.1) is 6.10 Å². The van der Waals surface area contributed by atoms with Gasteiger partial charge in [-0.05, 0) is 30.1 Å². The zero-order valence-electron chi connectivity index (χ0n) is 9.71. The highest BCUT2D eigenvalue weighted by Crippen LogP contribution is 2.35. The highest BCUT2D eigenvalue weighted by molar-refractivity contribution is 4.84. The van der Waals surface area contributed by atoms with E-state index in [1.54, 1.807) is 0 Å². The first-order valence-corrected chi connectivity index (χ1v) is 5.64. The summed E-state index contributed by atoms with van der Waals surface area (Å²) >= 11 is 0. The van der Waals surface area contributed by atoms with Gasteiger partial charge < -0.3 is 4.74 Å². The minimum atomic E-state index is 0.523. The summed E-state index contributed by atoms with van der Waals surface area (Å²) in [6.07, 6.45) is 1.75. The van der Waals surface area contributed by atoms with Gasteiger partial charge in [0.1, 0.15) is 0 Å². The maximum absolute atomic E-state index is 5.85. The van der Waals surface area contributed by atoms with Gasteiger partial charge in [0, 0.05) is 6.61 Å². The van der Waals surface area contributed by atoms with E-state index >= 15 is 0 Å². The minimum Gasteiger partial charge on any atom is -0.378 e. The van der Waals surface area contributed by atoms with Gasteiger partial charge in [0.25, 0.3) is 0 Å². The van der Waals surface area contributed by atoms with Crippen molar-refractivity contribution in [1.82, 2.24) is 0 Å². The second-order valence-electron chi connectivity index (χ2n) is 5.30. The van der Waals surface area contributed by atoms with Crippen LogP contribution in [0, 0.1) is 23.7 Å². The standard InChI is InChI=1S/C12H24O/c1-8(2)6-11-12(9(3)4)10(5)7-13-11/h8-12H,6-7H2,1-5H3. The first-order valence-electron chi connectivity index (χ1n) is 5.64. The zero-order valence-corrected chi connectivity index (χ0v) is 9.71. The van der Waals surface area contributed by atoms with Gasteiger partial charge in [0.15, 0.2) is 0 Å². The summed E-state index contributed by atoms with van der Waals surface area (Å²) in [5, 5.41) is 0. The number of hydrogen-bond acceptors (Lipinski definition) is 1. The summed E-state index contributed by atoms with van der Waals surface area (Å²) in [6, 6.07) is 0. The lowest BCUT2D eigenvalue weighted by atomic mass is 9.80. The maximum Gasteiger partial charge on any atom is 0.0611 e. The van der Waals surface area contributed by atoms with E-state index in [9.17, 15) is 0 Å². The molecule has 3 atom stereocenters. The molecule has 1 rings (SSSR count). The second kappa shape index (κ2) is 4.45. The van der Waals surface area contributed by atoms with E-state index in [2.05, 4.69) is 34.6 Å². The Labute approximate surface area is 82.9 Å². The maximum atomic E-state index is 5.85. The lowest BCUT2D eigenvalue weighted by Gasteiger charge is -2.25. The molecular formula is C12H24O. The van der Waals surface area contributed by atoms with Crippen LogP contribution in [-0.4, -0.2) is 12.7 Å². The van der Waals surface area contributed by atoms with Crippen molar-refractivity contribution in [3.63, 3.8) is 0 Å². The second-order valence-corrected chi connectivity index (χ2v) is 5.30. The van der Waals surface area contributed by atoms with E-state index in [0.717, 1.165) is 30.3 Å². The SMILES string of the molecule is CC(C)CC1OCC(C)C1C(C)C. The molecule has 1 saturated heterocycles. The van der Waals surface area contributed by atoms with Crippen molar-refractivity contribution in [2.24, 2.45) is 23.7 Å². The van der Waals surface area contributed by atoms with Crippen molar-refractivity contribution in [3.8, 4) is 0 Å². The van der Waals surface area contributed by atoms with Crippen molar-refractivity contribution < 1.29 is 4.74 Å². The molecule has 13 heavy (non-hydrogen) atoms. The molecule has 78 valence electrons. The third-order valence-corrected chi connectivity index (χ3v) is 3.13. The summed E-state index contributed by atoms with van der Waals surface area (Å²) in [5.41, 5.74) is 0. The smallest absolute Gasteiger partial charge is 0.0611 e. The Morgan fingerprint density at radius 3 is 2.31 bits per heavy atom. The van der Waals surface area contributed by atoms with Gasteiger partial charge in [-0.15, -0.1) is 0 Å². The van der Waals surface area contributed by atoms with Gasteiger partial charge in [-0.25, -0.2) is 0 Å². The molecule has 0 aromatic carbocycles. The molecule has 1 heteroatoms. The summed E-state index contributed by atoms with van der Waals surface area (Å²) in [6.45, 7) is 12.5. The Morgan fingerprint density at radius 1 is 1.23 bits per heavy atom. The molecule has 1 heterocycles. The Kier molecular flexibility index (Phi) is 3.78. The van der Waals surface area contributed by atoms with E-state index in [0.29, 0.717) is 6.10 Å². The Hall–Kier alpha value is -0.0400. The van der Waals surface area contributed by atoms with E-state index in [1.165, 1.54) is 6.42 Å². The number of hydrogen-bond donors (Lipinski definition) is 0. The Balaban J connectivity index is 2.54. The fourth-order valence-electron chi connectivity index (χ4n) is 2.64. The first-order chi connectivity index (χ1) is 6.02. The lowest BCUT2D eigenvalue weighted by molar-refractivity contribution is 0.0625. The minimum absolute atomic E-state index is 0.523. The predicted octanol–water partition coefficient (Wildman–Crippen LogP) is 3.34. The van der Waals surface area contributed by atoms with E-state index in [1.807, 2.05) is 0 Å². The highest BCUT2D eigenvalue weighted by atomic mass is 16.5. The third kappa shape index (κ3) is 2.70. The average Bonchev–Trinajstić information content (AvgIpc) is 2.30. The van der Waals surface area contributed by atoms with Crippen LogP contribution in [0.5, 0.6) is 0 Å². The van der Waals surface area contributed by atoms with Crippen LogP contribution in [0.1, 0.15) is 41.0 Å². The lowest BCUT2D eigenvalue weighted by Crippen LogP contribution is -2.25. The molecule has 0 N–H and O–H groups in total. The van der Waals surface area contributed by atoms with Crippen LogP contribution in [-0.2, 0) is 4.74 Å². The molecule has 0 spiro atoms. The van der Waals surface area contributed by atoms with Gasteiger partial charge in [0.2, 0.25) is 0 Å². The highest BCUT2D eigenvalue weighted by Gasteiger charge is 2.36. The molecule has 1 nitrogen and oxygen atoms in total. The van der Waals surface area contributed by atoms with Gasteiger partial charge in [-0.1, -0.05) is 34.6 Å². The van der Waals surface area contributed by atoms with Crippen LogP contribution in [0.4, 0.5) is 0 Å². The van der Waals surface area contributed by atoms with Gasteiger partial charge >= 0.3 is 0 Å². The zero-order chi connectivity index (χ0) is 10.0. The molecule has 0 bridgehead atoms. The molecule has 0 radical (unpaired) electrons. The van der Waals surface area contributed by atoms with Crippen molar-refractivity contribution in [2.45, 2.75) is 47.1 Å². The molecule has 1 aliphatic heterocycles. The topological polar surface area (TPSA) is 9.23 Å². The molecule has 0 aromatic rings. The van der Waals surface area contributed by atoms with Crippen LogP contribution in [0.25, 0.3) is 0 Å². The molecule has 0 saturated carbocycles. The van der Waals surface area contributed by atoms with Crippen LogP contribution in [0.15, 0.2) is 0 Å². The summed E-state index contributed by atoms with van der Waals surface area (Å²) in [5.74, 6) is 3.06. The van der Waals surface area contributed by atoms with Crippen LogP contribution < -0.4 is 0 Å². The normalized spacial score (nSPS) is 34.8. The van der Waals surface area contributed by atoms with Crippen molar-refractivity contribution in [2.75, 3.05) is 6.61 Å². The Morgan fingerprint density at radius 2 is 1.85 bits per heavy atom. The Bertz CT molecular complexity index is 151. The summed E-state index contributed by atoms with van der Waals surface area (Å²) < 4.78 is 5.85. The van der Waals surface area contributed by atoms with Crippen LogP contribution in [0.3, 0.4) is 0 Å².